The molecular formula is C30H14F6N2O7. The molecule has 0 radical (unpaired) electrons. The molecule has 1 atom stereocenters. The van der Waals surface area contributed by atoms with Crippen molar-refractivity contribution in [1.29, 1.82) is 0 Å². The molecule has 0 fully saturated rings. The minimum absolute atomic E-state index is 0.0652. The first kappa shape index (κ1) is 28.2. The molecule has 4 aromatic carbocycles. The molecule has 0 aromatic heterocycles. The lowest BCUT2D eigenvalue weighted by molar-refractivity contribution is -0.251. The Hall–Kier alpha value is -5.60. The van der Waals surface area contributed by atoms with Crippen LogP contribution in [0.25, 0.3) is 10.8 Å². The van der Waals surface area contributed by atoms with Gasteiger partial charge in [-0.05, 0) is 47.9 Å². The van der Waals surface area contributed by atoms with E-state index in [0.29, 0.717) is 11.0 Å². The van der Waals surface area contributed by atoms with Crippen LogP contribution >= 0.6 is 0 Å². The van der Waals surface area contributed by atoms with Gasteiger partial charge in [0.1, 0.15) is 0 Å². The second-order valence-electron chi connectivity index (χ2n) is 10.2. The first-order valence-corrected chi connectivity index (χ1v) is 12.9. The maximum Gasteiger partial charge on any atom is 0.442 e. The molecule has 228 valence electrons. The summed E-state index contributed by atoms with van der Waals surface area (Å²) in [6, 6.07) is 11.3. The van der Waals surface area contributed by atoms with Crippen LogP contribution in [0.2, 0.25) is 0 Å². The summed E-state index contributed by atoms with van der Waals surface area (Å²) in [6.45, 7) is -0.283. The highest BCUT2D eigenvalue weighted by atomic mass is 19.4. The van der Waals surface area contributed by atoms with Crippen LogP contribution in [0, 0.1) is 0 Å². The predicted molar refractivity (Wildman–Crippen MR) is 141 cm³/mol. The van der Waals surface area contributed by atoms with E-state index in [1.807, 2.05) is 0 Å². The summed E-state index contributed by atoms with van der Waals surface area (Å²) in [7, 11) is 0. The monoisotopic (exact) mass is 628 g/mol. The fourth-order valence-electron chi connectivity index (χ4n) is 5.63. The van der Waals surface area contributed by atoms with Crippen molar-refractivity contribution in [2.24, 2.45) is 0 Å². The van der Waals surface area contributed by atoms with Gasteiger partial charge in [0.25, 0.3) is 17.7 Å². The normalized spacial score (nSPS) is 18.7. The Balaban J connectivity index is 1.32. The van der Waals surface area contributed by atoms with Crippen LogP contribution in [0.4, 0.5) is 37.7 Å². The van der Waals surface area contributed by atoms with Crippen molar-refractivity contribution in [3.05, 3.63) is 94.5 Å². The molecule has 4 aromatic rings. The third-order valence-electron chi connectivity index (χ3n) is 7.66. The molecule has 15 heteroatoms. The number of esters is 1. The Bertz CT molecular complexity index is 2000. The first-order chi connectivity index (χ1) is 21.2. The number of hydrogen-bond acceptors (Lipinski definition) is 7. The van der Waals surface area contributed by atoms with Crippen molar-refractivity contribution in [2.75, 3.05) is 17.0 Å². The number of imide groups is 1. The van der Waals surface area contributed by atoms with Gasteiger partial charge < -0.3 is 19.5 Å². The number of hydrogen-bond donors (Lipinski definition) is 1. The van der Waals surface area contributed by atoms with E-state index in [1.165, 1.54) is 18.2 Å². The van der Waals surface area contributed by atoms with E-state index in [-0.39, 0.29) is 51.6 Å². The summed E-state index contributed by atoms with van der Waals surface area (Å²) < 4.78 is 99.5. The quantitative estimate of drug-likeness (QED) is 0.170. The summed E-state index contributed by atoms with van der Waals surface area (Å²) >= 11 is 0. The average Bonchev–Trinajstić information content (AvgIpc) is 3.55. The van der Waals surface area contributed by atoms with Gasteiger partial charge in [0.05, 0.1) is 22.5 Å². The van der Waals surface area contributed by atoms with Crippen LogP contribution in [-0.4, -0.2) is 36.7 Å². The highest BCUT2D eigenvalue weighted by Crippen LogP contribution is 2.53. The third-order valence-corrected chi connectivity index (χ3v) is 7.66. The van der Waals surface area contributed by atoms with Gasteiger partial charge in [-0.15, -0.1) is 0 Å². The molecule has 3 aliphatic heterocycles. The Labute approximate surface area is 246 Å². The van der Waals surface area contributed by atoms with Crippen molar-refractivity contribution in [2.45, 2.75) is 18.0 Å². The van der Waals surface area contributed by atoms with Gasteiger partial charge in [0, 0.05) is 28.1 Å². The maximum atomic E-state index is 14.7. The number of benzene rings is 4. The molecule has 0 aliphatic carbocycles. The Morgan fingerprint density at radius 2 is 1.51 bits per heavy atom. The van der Waals surface area contributed by atoms with Crippen LogP contribution in [0.1, 0.15) is 42.2 Å². The molecule has 7 rings (SSSR count). The molecule has 3 aliphatic rings. The Morgan fingerprint density at radius 1 is 0.844 bits per heavy atom. The number of nitrogens with one attached hydrogen (secondary N) is 1. The number of halogens is 6. The van der Waals surface area contributed by atoms with Gasteiger partial charge in [-0.1, -0.05) is 18.2 Å². The Kier molecular flexibility index (Phi) is 5.76. The summed E-state index contributed by atoms with van der Waals surface area (Å²) in [4.78, 5) is 53.9. The largest absolute Gasteiger partial charge is 0.454 e. The lowest BCUT2D eigenvalue weighted by atomic mass is 9.90. The number of anilines is 2. The zero-order chi connectivity index (χ0) is 32.1. The van der Waals surface area contributed by atoms with Gasteiger partial charge in [-0.3, -0.25) is 14.4 Å². The molecule has 3 heterocycles. The molecule has 0 saturated carbocycles. The number of amides is 3. The topological polar surface area (TPSA) is 111 Å². The molecule has 3 amide bonds. The SMILES string of the molecule is O=C(OC1(C(F)(F)F)C(=O)Nc2cc3c(cc21)OCO3)c1ccc2c3c(cccc13)C(=O)N(c1cccc(C(F)(F)F)c1)C2=O. The van der Waals surface area contributed by atoms with E-state index in [9.17, 15) is 45.5 Å². The molecule has 0 spiro atoms. The predicted octanol–water partition coefficient (Wildman–Crippen LogP) is 5.95. The lowest BCUT2D eigenvalue weighted by Gasteiger charge is -2.30. The van der Waals surface area contributed by atoms with Crippen molar-refractivity contribution in [3.63, 3.8) is 0 Å². The van der Waals surface area contributed by atoms with Crippen molar-refractivity contribution in [3.8, 4) is 11.5 Å². The number of carbonyl (C=O) groups excluding carboxylic acids is 4. The molecule has 0 bridgehead atoms. The van der Waals surface area contributed by atoms with Gasteiger partial charge in [0.2, 0.25) is 6.79 Å². The van der Waals surface area contributed by atoms with Gasteiger partial charge in [-0.2, -0.15) is 26.3 Å². The fourth-order valence-corrected chi connectivity index (χ4v) is 5.63. The molecule has 9 nitrogen and oxygen atoms in total. The van der Waals surface area contributed by atoms with Gasteiger partial charge in [-0.25, -0.2) is 9.69 Å². The number of rotatable bonds is 3. The second-order valence-corrected chi connectivity index (χ2v) is 10.2. The van der Waals surface area contributed by atoms with Crippen LogP contribution in [0.15, 0.2) is 66.7 Å². The van der Waals surface area contributed by atoms with Crippen molar-refractivity contribution in [1.82, 2.24) is 0 Å². The number of carbonyl (C=O) groups is 4. The van der Waals surface area contributed by atoms with Crippen LogP contribution < -0.4 is 19.7 Å². The van der Waals surface area contributed by atoms with Crippen LogP contribution in [0.3, 0.4) is 0 Å². The molecular weight excluding hydrogens is 614 g/mol. The smallest absolute Gasteiger partial charge is 0.442 e. The molecule has 45 heavy (non-hydrogen) atoms. The number of nitrogens with zero attached hydrogens (tertiary/aromatic N) is 1. The number of fused-ring (bicyclic) bond motifs is 2. The van der Waals surface area contributed by atoms with E-state index >= 15 is 0 Å². The first-order valence-electron chi connectivity index (χ1n) is 12.9. The zero-order valence-corrected chi connectivity index (χ0v) is 22.1. The summed E-state index contributed by atoms with van der Waals surface area (Å²) in [5.74, 6) is -5.43. The average molecular weight is 628 g/mol. The number of ether oxygens (including phenoxy) is 3. The summed E-state index contributed by atoms with van der Waals surface area (Å²) in [6.07, 6.45) is -10.2. The molecule has 1 N–H and O–H groups in total. The lowest BCUT2D eigenvalue weighted by Crippen LogP contribution is -2.51. The van der Waals surface area contributed by atoms with E-state index in [2.05, 4.69) is 5.32 Å². The minimum Gasteiger partial charge on any atom is -0.454 e. The standard InChI is InChI=1S/C30H14F6N2O7/c31-29(32,33)13-3-1-4-14(9-13)38-24(39)17-6-2-5-15-16(7-8-18(23(15)17)25(38)40)26(41)45-28(30(34,35)36)19-10-21-22(44-12-43-21)11-20(19)37-27(28)42/h1-11H,12H2,(H,37,42). The van der Waals surface area contributed by atoms with Gasteiger partial charge >= 0.3 is 23.9 Å². The van der Waals surface area contributed by atoms with E-state index in [1.54, 1.807) is 0 Å². The van der Waals surface area contributed by atoms with Crippen molar-refractivity contribution >= 4 is 45.8 Å². The summed E-state index contributed by atoms with van der Waals surface area (Å²) in [5, 5.41) is 1.77. The zero-order valence-electron chi connectivity index (χ0n) is 22.1. The minimum atomic E-state index is -5.46. The van der Waals surface area contributed by atoms with Crippen LogP contribution in [0.5, 0.6) is 11.5 Å². The van der Waals surface area contributed by atoms with Gasteiger partial charge in [0.15, 0.2) is 11.5 Å². The van der Waals surface area contributed by atoms with E-state index in [4.69, 9.17) is 14.2 Å². The highest BCUT2D eigenvalue weighted by Gasteiger charge is 2.69. The third kappa shape index (κ3) is 3.96. The molecule has 0 saturated heterocycles. The fraction of sp³-hybridized carbons (Fsp3) is 0.133. The highest BCUT2D eigenvalue weighted by molar-refractivity contribution is 6.36. The van der Waals surface area contributed by atoms with Crippen LogP contribution in [-0.2, 0) is 21.3 Å². The van der Waals surface area contributed by atoms with E-state index < -0.39 is 58.3 Å². The second kappa shape index (κ2) is 9.20. The number of alkyl halides is 6. The summed E-state index contributed by atoms with van der Waals surface area (Å²) in [5.41, 5.74) is -7.29. The Morgan fingerprint density at radius 3 is 2.20 bits per heavy atom. The maximum absolute atomic E-state index is 14.7. The van der Waals surface area contributed by atoms with Crippen molar-refractivity contribution < 1.29 is 59.7 Å². The molecule has 1 unspecified atom stereocenters. The van der Waals surface area contributed by atoms with E-state index in [0.717, 1.165) is 42.5 Å².